The highest BCUT2D eigenvalue weighted by Gasteiger charge is 2.26. The zero-order valence-electron chi connectivity index (χ0n) is 9.26. The van der Waals surface area contributed by atoms with Gasteiger partial charge in [-0.25, -0.2) is 0 Å². The van der Waals surface area contributed by atoms with Gasteiger partial charge in [-0.05, 0) is 44.9 Å². The number of nitrogens with one attached hydrogen (secondary N) is 1. The van der Waals surface area contributed by atoms with E-state index in [1.807, 2.05) is 11.3 Å². The van der Waals surface area contributed by atoms with Crippen LogP contribution in [0.1, 0.15) is 40.6 Å². The molecule has 1 aliphatic carbocycles. The van der Waals surface area contributed by atoms with E-state index in [0.717, 1.165) is 5.92 Å². The van der Waals surface area contributed by atoms with E-state index in [0.29, 0.717) is 6.04 Å². The summed E-state index contributed by atoms with van der Waals surface area (Å²) in [5.41, 5.74) is 1.47. The van der Waals surface area contributed by atoms with Crippen molar-refractivity contribution < 1.29 is 0 Å². The third-order valence-electron chi connectivity index (χ3n) is 3.01. The van der Waals surface area contributed by atoms with Crippen LogP contribution in [-0.4, -0.2) is 7.05 Å². The average molecular weight is 209 g/mol. The SMILES string of the molecule is CNC(CC1CC1)c1sc(C)cc1C. The highest BCUT2D eigenvalue weighted by molar-refractivity contribution is 7.12. The fourth-order valence-corrected chi connectivity index (χ4v) is 3.21. The first-order chi connectivity index (χ1) is 6.70. The zero-order valence-corrected chi connectivity index (χ0v) is 10.1. The third kappa shape index (κ3) is 2.18. The van der Waals surface area contributed by atoms with Crippen molar-refractivity contribution in [1.82, 2.24) is 5.32 Å². The fourth-order valence-electron chi connectivity index (χ4n) is 2.05. The van der Waals surface area contributed by atoms with Crippen LogP contribution in [0.15, 0.2) is 6.07 Å². The van der Waals surface area contributed by atoms with Crippen LogP contribution in [0.25, 0.3) is 0 Å². The number of rotatable bonds is 4. The monoisotopic (exact) mass is 209 g/mol. The summed E-state index contributed by atoms with van der Waals surface area (Å²) in [5.74, 6) is 0.995. The molecule has 1 aromatic rings. The Hall–Kier alpha value is -0.340. The van der Waals surface area contributed by atoms with E-state index in [1.54, 1.807) is 4.88 Å². The van der Waals surface area contributed by atoms with Gasteiger partial charge in [-0.3, -0.25) is 0 Å². The summed E-state index contributed by atoms with van der Waals surface area (Å²) in [6.07, 6.45) is 4.22. The van der Waals surface area contributed by atoms with E-state index in [2.05, 4.69) is 32.3 Å². The van der Waals surface area contributed by atoms with Gasteiger partial charge in [0.25, 0.3) is 0 Å². The second kappa shape index (κ2) is 4.03. The second-order valence-electron chi connectivity index (χ2n) is 4.42. The van der Waals surface area contributed by atoms with E-state index in [9.17, 15) is 0 Å². The van der Waals surface area contributed by atoms with Gasteiger partial charge in [-0.2, -0.15) is 0 Å². The molecule has 1 nitrogen and oxygen atoms in total. The Balaban J connectivity index is 2.12. The zero-order chi connectivity index (χ0) is 10.1. The van der Waals surface area contributed by atoms with Crippen molar-refractivity contribution >= 4 is 11.3 Å². The van der Waals surface area contributed by atoms with Crippen LogP contribution in [0.2, 0.25) is 0 Å². The molecule has 1 fully saturated rings. The van der Waals surface area contributed by atoms with Crippen molar-refractivity contribution in [2.45, 2.75) is 39.2 Å². The molecule has 2 heteroatoms. The summed E-state index contributed by atoms with van der Waals surface area (Å²) in [4.78, 5) is 2.99. The largest absolute Gasteiger partial charge is 0.312 e. The second-order valence-corrected chi connectivity index (χ2v) is 5.71. The molecule has 0 aliphatic heterocycles. The summed E-state index contributed by atoms with van der Waals surface area (Å²) < 4.78 is 0. The van der Waals surface area contributed by atoms with Crippen molar-refractivity contribution in [3.8, 4) is 0 Å². The normalized spacial score (nSPS) is 18.5. The van der Waals surface area contributed by atoms with E-state index >= 15 is 0 Å². The number of aryl methyl sites for hydroxylation is 2. The lowest BCUT2D eigenvalue weighted by molar-refractivity contribution is 0.520. The van der Waals surface area contributed by atoms with Crippen LogP contribution < -0.4 is 5.32 Å². The number of hydrogen-bond acceptors (Lipinski definition) is 2. The molecule has 0 amide bonds. The fraction of sp³-hybridized carbons (Fsp3) is 0.667. The maximum atomic E-state index is 3.45. The van der Waals surface area contributed by atoms with Gasteiger partial charge in [-0.15, -0.1) is 11.3 Å². The minimum Gasteiger partial charge on any atom is -0.312 e. The van der Waals surface area contributed by atoms with Gasteiger partial charge in [0.05, 0.1) is 0 Å². The number of hydrogen-bond donors (Lipinski definition) is 1. The molecular formula is C12H19NS. The predicted octanol–water partition coefficient (Wildman–Crippen LogP) is 3.43. The lowest BCUT2D eigenvalue weighted by Gasteiger charge is -2.15. The quantitative estimate of drug-likeness (QED) is 0.801. The maximum absolute atomic E-state index is 3.45. The van der Waals surface area contributed by atoms with Gasteiger partial charge in [-0.1, -0.05) is 12.8 Å². The molecule has 1 aliphatic rings. The van der Waals surface area contributed by atoms with Crippen molar-refractivity contribution in [3.05, 3.63) is 21.4 Å². The summed E-state index contributed by atoms with van der Waals surface area (Å²) in [7, 11) is 2.08. The summed E-state index contributed by atoms with van der Waals surface area (Å²) in [5, 5.41) is 3.45. The molecule has 0 aromatic carbocycles. The van der Waals surface area contributed by atoms with Gasteiger partial charge >= 0.3 is 0 Å². The summed E-state index contributed by atoms with van der Waals surface area (Å²) in [6.45, 7) is 4.43. The molecule has 0 spiro atoms. The molecule has 1 unspecified atom stereocenters. The van der Waals surface area contributed by atoms with E-state index in [4.69, 9.17) is 0 Å². The molecule has 1 heterocycles. The van der Waals surface area contributed by atoms with Crippen molar-refractivity contribution in [2.75, 3.05) is 7.05 Å². The first-order valence-corrected chi connectivity index (χ1v) is 6.26. The van der Waals surface area contributed by atoms with Gasteiger partial charge in [0, 0.05) is 15.8 Å². The van der Waals surface area contributed by atoms with E-state index in [1.165, 1.54) is 29.7 Å². The van der Waals surface area contributed by atoms with Gasteiger partial charge in [0.15, 0.2) is 0 Å². The molecule has 1 N–H and O–H groups in total. The Morgan fingerprint density at radius 3 is 2.64 bits per heavy atom. The van der Waals surface area contributed by atoms with Crippen molar-refractivity contribution in [1.29, 1.82) is 0 Å². The molecule has 1 aromatic heterocycles. The Labute approximate surface area is 90.5 Å². The summed E-state index contributed by atoms with van der Waals surface area (Å²) in [6, 6.07) is 2.90. The first kappa shape index (κ1) is 10.2. The van der Waals surface area contributed by atoms with E-state index < -0.39 is 0 Å². The Bertz CT molecular complexity index is 312. The number of thiophene rings is 1. The predicted molar refractivity (Wildman–Crippen MR) is 62.9 cm³/mol. The smallest absolute Gasteiger partial charge is 0.0417 e. The van der Waals surface area contributed by atoms with Crippen molar-refractivity contribution in [3.63, 3.8) is 0 Å². The highest BCUT2D eigenvalue weighted by Crippen LogP contribution is 2.39. The van der Waals surface area contributed by atoms with Crippen LogP contribution >= 0.6 is 11.3 Å². The minimum absolute atomic E-state index is 0.598. The van der Waals surface area contributed by atoms with Gasteiger partial charge in [0.1, 0.15) is 0 Å². The topological polar surface area (TPSA) is 12.0 Å². The van der Waals surface area contributed by atoms with Gasteiger partial charge in [0.2, 0.25) is 0 Å². The van der Waals surface area contributed by atoms with E-state index in [-0.39, 0.29) is 0 Å². The molecule has 0 bridgehead atoms. The Morgan fingerprint density at radius 1 is 1.50 bits per heavy atom. The average Bonchev–Trinajstić information content (AvgIpc) is 2.89. The Morgan fingerprint density at radius 2 is 2.21 bits per heavy atom. The molecule has 78 valence electrons. The highest BCUT2D eigenvalue weighted by atomic mass is 32.1. The first-order valence-electron chi connectivity index (χ1n) is 5.45. The summed E-state index contributed by atoms with van der Waals surface area (Å²) >= 11 is 1.95. The van der Waals surface area contributed by atoms with Gasteiger partial charge < -0.3 is 5.32 Å². The van der Waals surface area contributed by atoms with Crippen molar-refractivity contribution in [2.24, 2.45) is 5.92 Å². The molecule has 14 heavy (non-hydrogen) atoms. The molecule has 0 saturated heterocycles. The third-order valence-corrected chi connectivity index (χ3v) is 4.28. The lowest BCUT2D eigenvalue weighted by atomic mass is 10.1. The molecule has 0 radical (unpaired) electrons. The lowest BCUT2D eigenvalue weighted by Crippen LogP contribution is -2.16. The molecular weight excluding hydrogens is 190 g/mol. The van der Waals surface area contributed by atoms with Crippen LogP contribution in [0.5, 0.6) is 0 Å². The maximum Gasteiger partial charge on any atom is 0.0417 e. The van der Waals surface area contributed by atoms with Crippen LogP contribution in [-0.2, 0) is 0 Å². The molecule has 1 atom stereocenters. The van der Waals surface area contributed by atoms with Crippen LogP contribution in [0.3, 0.4) is 0 Å². The molecule has 2 rings (SSSR count). The molecule has 1 saturated carbocycles. The van der Waals surface area contributed by atoms with Crippen LogP contribution in [0.4, 0.5) is 0 Å². The van der Waals surface area contributed by atoms with Crippen LogP contribution in [0, 0.1) is 19.8 Å². The standard InChI is InChI=1S/C12H19NS/c1-8-6-9(2)14-12(8)11(13-3)7-10-4-5-10/h6,10-11,13H,4-5,7H2,1-3H3. The minimum atomic E-state index is 0.598. The Kier molecular flexibility index (Phi) is 2.93.